The van der Waals surface area contributed by atoms with Gasteiger partial charge >= 0.3 is 0 Å². The van der Waals surface area contributed by atoms with Crippen molar-refractivity contribution < 1.29 is 9.59 Å². The van der Waals surface area contributed by atoms with Crippen LogP contribution in [0, 0.1) is 5.92 Å². The number of fused-ring (bicyclic) bond motifs is 1. The maximum absolute atomic E-state index is 12.6. The number of rotatable bonds is 4. The molecule has 0 bridgehead atoms. The second-order valence-electron chi connectivity index (χ2n) is 6.83. The van der Waals surface area contributed by atoms with Gasteiger partial charge in [0.1, 0.15) is 12.1 Å². The molecule has 2 aromatic heterocycles. The van der Waals surface area contributed by atoms with Crippen molar-refractivity contribution in [1.82, 2.24) is 19.8 Å². The minimum atomic E-state index is -0.124. The average molecular weight is 379 g/mol. The predicted molar refractivity (Wildman–Crippen MR) is 105 cm³/mol. The van der Waals surface area contributed by atoms with Crippen molar-refractivity contribution in [1.29, 1.82) is 0 Å². The van der Waals surface area contributed by atoms with Gasteiger partial charge in [0.05, 0.1) is 0 Å². The van der Waals surface area contributed by atoms with Crippen LogP contribution in [0.15, 0.2) is 42.7 Å². The van der Waals surface area contributed by atoms with Crippen molar-refractivity contribution in [2.45, 2.75) is 19.8 Å². The number of carbonyl (C=O) groups is 2. The van der Waals surface area contributed by atoms with Crippen LogP contribution in [-0.2, 0) is 9.59 Å². The molecule has 1 fully saturated rings. The van der Waals surface area contributed by atoms with E-state index in [1.54, 1.807) is 35.1 Å². The first-order valence-electron chi connectivity index (χ1n) is 9.19. The molecular formula is C19H21N7O2. The summed E-state index contributed by atoms with van der Waals surface area (Å²) in [6.07, 6.45) is 3.10. The van der Waals surface area contributed by atoms with E-state index in [2.05, 4.69) is 30.8 Å². The molecule has 9 heteroatoms. The summed E-state index contributed by atoms with van der Waals surface area (Å²) in [5.41, 5.74) is 2.14. The van der Waals surface area contributed by atoms with Gasteiger partial charge in [-0.3, -0.25) is 9.59 Å². The van der Waals surface area contributed by atoms with Crippen LogP contribution in [0.3, 0.4) is 0 Å². The van der Waals surface area contributed by atoms with Crippen molar-refractivity contribution >= 4 is 34.7 Å². The highest BCUT2D eigenvalue weighted by atomic mass is 16.2. The summed E-state index contributed by atoms with van der Waals surface area (Å²) in [5.74, 6) is 0.722. The van der Waals surface area contributed by atoms with E-state index in [1.165, 1.54) is 6.92 Å². The minimum absolute atomic E-state index is 0.0224. The molecule has 4 rings (SSSR count). The summed E-state index contributed by atoms with van der Waals surface area (Å²) in [4.78, 5) is 25.8. The van der Waals surface area contributed by atoms with Gasteiger partial charge in [-0.05, 0) is 49.2 Å². The molecular weight excluding hydrogens is 358 g/mol. The normalized spacial score (nSPS) is 14.8. The molecule has 3 heterocycles. The molecule has 0 saturated carbocycles. The number of carbonyl (C=O) groups excluding carboxylic acids is 2. The molecule has 1 saturated heterocycles. The summed E-state index contributed by atoms with van der Waals surface area (Å²) < 4.78 is 1.65. The fourth-order valence-corrected chi connectivity index (χ4v) is 3.34. The van der Waals surface area contributed by atoms with E-state index < -0.39 is 0 Å². The molecule has 144 valence electrons. The average Bonchev–Trinajstić information content (AvgIpc) is 3.17. The first kappa shape index (κ1) is 17.9. The maximum atomic E-state index is 12.6. The van der Waals surface area contributed by atoms with E-state index in [0.717, 1.165) is 37.4 Å². The van der Waals surface area contributed by atoms with Crippen LogP contribution in [0.2, 0.25) is 0 Å². The summed E-state index contributed by atoms with van der Waals surface area (Å²) in [6, 6.07) is 10.9. The van der Waals surface area contributed by atoms with Crippen molar-refractivity contribution in [2.75, 3.05) is 28.6 Å². The van der Waals surface area contributed by atoms with E-state index in [9.17, 15) is 9.59 Å². The molecule has 1 aliphatic rings. The lowest BCUT2D eigenvalue weighted by atomic mass is 9.96. The Bertz CT molecular complexity index is 991. The van der Waals surface area contributed by atoms with Crippen LogP contribution in [-0.4, -0.2) is 44.7 Å². The molecule has 1 aliphatic heterocycles. The Labute approximate surface area is 161 Å². The number of piperidine rings is 1. The minimum Gasteiger partial charge on any atom is -0.355 e. The second kappa shape index (κ2) is 7.63. The first-order chi connectivity index (χ1) is 13.6. The van der Waals surface area contributed by atoms with Gasteiger partial charge in [-0.2, -0.15) is 4.52 Å². The smallest absolute Gasteiger partial charge is 0.227 e. The van der Waals surface area contributed by atoms with Crippen LogP contribution in [0.25, 0.3) is 5.65 Å². The van der Waals surface area contributed by atoms with Gasteiger partial charge < -0.3 is 15.5 Å². The Morgan fingerprint density at radius 3 is 2.36 bits per heavy atom. The predicted octanol–water partition coefficient (Wildman–Crippen LogP) is 1.94. The van der Waals surface area contributed by atoms with E-state index in [-0.39, 0.29) is 17.7 Å². The molecule has 0 radical (unpaired) electrons. The molecule has 1 aromatic carbocycles. The number of aromatic nitrogens is 4. The topological polar surface area (TPSA) is 105 Å². The zero-order chi connectivity index (χ0) is 19.5. The fourth-order valence-electron chi connectivity index (χ4n) is 3.34. The molecule has 0 atom stereocenters. The number of nitrogens with one attached hydrogen (secondary N) is 2. The summed E-state index contributed by atoms with van der Waals surface area (Å²) in [5, 5.41) is 18.0. The van der Waals surface area contributed by atoms with Crippen LogP contribution in [0.4, 0.5) is 17.2 Å². The highest BCUT2D eigenvalue weighted by Gasteiger charge is 2.26. The Morgan fingerprint density at radius 2 is 1.68 bits per heavy atom. The van der Waals surface area contributed by atoms with Crippen LogP contribution < -0.4 is 15.5 Å². The van der Waals surface area contributed by atoms with E-state index in [1.807, 2.05) is 12.1 Å². The Hall–Kier alpha value is -3.49. The zero-order valence-corrected chi connectivity index (χ0v) is 15.5. The van der Waals surface area contributed by atoms with Crippen LogP contribution in [0.1, 0.15) is 19.8 Å². The quantitative estimate of drug-likeness (QED) is 0.718. The number of benzene rings is 1. The number of hydrogen-bond donors (Lipinski definition) is 2. The van der Waals surface area contributed by atoms with E-state index >= 15 is 0 Å². The highest BCUT2D eigenvalue weighted by Crippen LogP contribution is 2.23. The summed E-state index contributed by atoms with van der Waals surface area (Å²) in [7, 11) is 0. The van der Waals surface area contributed by atoms with Crippen molar-refractivity contribution in [3.05, 3.63) is 42.7 Å². The van der Waals surface area contributed by atoms with Crippen molar-refractivity contribution in [3.63, 3.8) is 0 Å². The summed E-state index contributed by atoms with van der Waals surface area (Å²) >= 11 is 0. The number of amides is 2. The van der Waals surface area contributed by atoms with Crippen molar-refractivity contribution in [3.8, 4) is 0 Å². The molecule has 0 unspecified atom stereocenters. The molecule has 2 amide bonds. The highest BCUT2D eigenvalue weighted by molar-refractivity contribution is 5.93. The first-order valence-corrected chi connectivity index (χ1v) is 9.19. The molecule has 2 N–H and O–H groups in total. The Morgan fingerprint density at radius 1 is 1.00 bits per heavy atom. The van der Waals surface area contributed by atoms with Crippen LogP contribution >= 0.6 is 0 Å². The number of hydrogen-bond acceptors (Lipinski definition) is 6. The second-order valence-corrected chi connectivity index (χ2v) is 6.83. The number of anilines is 3. The standard InChI is InChI=1S/C19H21N7O2/c1-13(27)21-15-2-4-16(5-3-15)22-19(28)14-8-10-25(11-9-14)18-7-6-17-23-20-12-26(17)24-18/h2-7,12,14H,8-11H2,1H3,(H,21,27)(H,22,28). The summed E-state index contributed by atoms with van der Waals surface area (Å²) in [6.45, 7) is 2.99. The third kappa shape index (κ3) is 3.93. The monoisotopic (exact) mass is 379 g/mol. The lowest BCUT2D eigenvalue weighted by Gasteiger charge is -2.32. The van der Waals surface area contributed by atoms with Gasteiger partial charge in [-0.15, -0.1) is 15.3 Å². The van der Waals surface area contributed by atoms with Gasteiger partial charge in [-0.1, -0.05) is 0 Å². The third-order valence-electron chi connectivity index (χ3n) is 4.81. The van der Waals surface area contributed by atoms with Crippen molar-refractivity contribution in [2.24, 2.45) is 5.92 Å². The lowest BCUT2D eigenvalue weighted by Crippen LogP contribution is -2.38. The van der Waals surface area contributed by atoms with Gasteiger partial charge in [0.25, 0.3) is 0 Å². The van der Waals surface area contributed by atoms with Gasteiger partial charge in [0.2, 0.25) is 11.8 Å². The maximum Gasteiger partial charge on any atom is 0.227 e. The Balaban J connectivity index is 1.32. The zero-order valence-electron chi connectivity index (χ0n) is 15.5. The van der Waals surface area contributed by atoms with E-state index in [4.69, 9.17) is 0 Å². The fraction of sp³-hybridized carbons (Fsp3) is 0.316. The van der Waals surface area contributed by atoms with Gasteiger partial charge in [-0.25, -0.2) is 0 Å². The lowest BCUT2D eigenvalue weighted by molar-refractivity contribution is -0.120. The Kier molecular flexibility index (Phi) is 4.88. The molecule has 0 aliphatic carbocycles. The molecule has 0 spiro atoms. The SMILES string of the molecule is CC(=O)Nc1ccc(NC(=O)C2CCN(c3ccc4nncn4n3)CC2)cc1. The largest absolute Gasteiger partial charge is 0.355 e. The van der Waals surface area contributed by atoms with Gasteiger partial charge in [0, 0.05) is 37.3 Å². The third-order valence-corrected chi connectivity index (χ3v) is 4.81. The van der Waals surface area contributed by atoms with Crippen LogP contribution in [0.5, 0.6) is 0 Å². The van der Waals surface area contributed by atoms with E-state index in [0.29, 0.717) is 11.3 Å². The number of nitrogens with zero attached hydrogens (tertiary/aromatic N) is 5. The molecule has 9 nitrogen and oxygen atoms in total. The molecule has 28 heavy (non-hydrogen) atoms. The molecule has 3 aromatic rings. The van der Waals surface area contributed by atoms with Gasteiger partial charge in [0.15, 0.2) is 5.65 Å².